The van der Waals surface area contributed by atoms with Crippen LogP contribution < -0.4 is 9.30 Å². The average molecular weight is 497 g/mol. The summed E-state index contributed by atoms with van der Waals surface area (Å²) < 4.78 is 119. The van der Waals surface area contributed by atoms with Crippen LogP contribution in [0.5, 0.6) is 5.75 Å². The Balaban J connectivity index is 0.000000311. The Morgan fingerprint density at radius 3 is 1.84 bits per heavy atom. The van der Waals surface area contributed by atoms with Crippen molar-refractivity contribution < 1.29 is 52.5 Å². The molecular weight excluding hydrogens is 480 g/mol. The van der Waals surface area contributed by atoms with E-state index in [1.165, 1.54) is 0 Å². The summed E-state index contributed by atoms with van der Waals surface area (Å²) in [6.45, 7) is 3.24. The van der Waals surface area contributed by atoms with Crippen molar-refractivity contribution in [1.82, 2.24) is 4.57 Å². The first-order valence-electron chi connectivity index (χ1n) is 8.12. The smallest absolute Gasteiger partial charge is 0.480 e. The number of alkyl halides is 6. The minimum Gasteiger partial charge on any atom is -0.497 e. The Kier molecular flexibility index (Phi) is 8.50. The van der Waals surface area contributed by atoms with Gasteiger partial charge in [0.2, 0.25) is 6.33 Å². The standard InChI is InChI=1S/C13H17N2O.C2F6NO4S2/c1-3-8-14-9-10-15(11-14)12-4-6-13(16-2)7-5-12;3-1(4,5)14(10,11)9-15(12,13)2(6,7)8/h4-7,9-11H,3,8H2,1-2H3;/q+1;-1. The molecule has 0 bridgehead atoms. The van der Waals surface area contributed by atoms with E-state index in [9.17, 15) is 43.2 Å². The monoisotopic (exact) mass is 497 g/mol. The lowest BCUT2D eigenvalue weighted by Crippen LogP contribution is -2.30. The van der Waals surface area contributed by atoms with Gasteiger partial charge in [-0.1, -0.05) is 6.92 Å². The number of benzene rings is 1. The summed E-state index contributed by atoms with van der Waals surface area (Å²) in [5.41, 5.74) is -11.3. The summed E-state index contributed by atoms with van der Waals surface area (Å²) in [5.74, 6) is 0.886. The third-order valence-corrected chi connectivity index (χ3v) is 6.07. The van der Waals surface area contributed by atoms with Crippen molar-refractivity contribution >= 4 is 20.0 Å². The first kappa shape index (κ1) is 26.7. The SMILES string of the molecule is CCC[n+]1ccn(-c2ccc(OC)cc2)c1.O=S(=O)([N-]S(=O)(=O)C(F)(F)F)C(F)(F)F. The molecule has 31 heavy (non-hydrogen) atoms. The topological polar surface area (TPSA) is 100 Å². The molecule has 0 atom stereocenters. The number of sulfonamides is 2. The molecule has 0 aliphatic heterocycles. The van der Waals surface area contributed by atoms with E-state index in [2.05, 4.69) is 46.9 Å². The van der Waals surface area contributed by atoms with Gasteiger partial charge in [-0.2, -0.15) is 26.3 Å². The second-order valence-electron chi connectivity index (χ2n) is 5.67. The fraction of sp³-hybridized carbons (Fsp3) is 0.400. The summed E-state index contributed by atoms with van der Waals surface area (Å²) >= 11 is 0. The van der Waals surface area contributed by atoms with E-state index in [4.69, 9.17) is 4.74 Å². The first-order valence-corrected chi connectivity index (χ1v) is 11.0. The van der Waals surface area contributed by atoms with Crippen LogP contribution in [0.4, 0.5) is 26.3 Å². The van der Waals surface area contributed by atoms with Gasteiger partial charge in [-0.15, -0.1) is 0 Å². The van der Waals surface area contributed by atoms with E-state index in [-0.39, 0.29) is 0 Å². The van der Waals surface area contributed by atoms with Crippen molar-refractivity contribution in [2.24, 2.45) is 0 Å². The van der Waals surface area contributed by atoms with E-state index in [1.54, 1.807) is 7.11 Å². The van der Waals surface area contributed by atoms with Gasteiger partial charge in [-0.25, -0.2) is 26.0 Å². The normalized spacial score (nSPS) is 12.8. The number of hydrogen-bond donors (Lipinski definition) is 0. The summed E-state index contributed by atoms with van der Waals surface area (Å²) in [6.07, 6.45) is 7.41. The molecule has 16 heteroatoms. The lowest BCUT2D eigenvalue weighted by atomic mass is 10.3. The highest BCUT2D eigenvalue weighted by molar-refractivity contribution is 8.13. The Hall–Kier alpha value is -2.33. The molecule has 2 aromatic rings. The minimum atomic E-state index is -6.72. The molecule has 1 heterocycles. The third kappa shape index (κ3) is 7.39. The van der Waals surface area contributed by atoms with Crippen LogP contribution >= 0.6 is 0 Å². The van der Waals surface area contributed by atoms with Crippen molar-refractivity contribution in [3.8, 4) is 11.4 Å². The fourth-order valence-corrected chi connectivity index (χ4v) is 3.62. The zero-order chi connectivity index (χ0) is 24.1. The van der Waals surface area contributed by atoms with Crippen LogP contribution in [0.15, 0.2) is 43.0 Å². The number of imidazole rings is 1. The number of aromatic nitrogens is 2. The third-order valence-electron chi connectivity index (χ3n) is 3.33. The van der Waals surface area contributed by atoms with Crippen molar-refractivity contribution in [3.05, 3.63) is 47.1 Å². The van der Waals surface area contributed by atoms with Crippen LogP contribution in [0.25, 0.3) is 9.81 Å². The van der Waals surface area contributed by atoms with Gasteiger partial charge in [0.15, 0.2) is 20.0 Å². The van der Waals surface area contributed by atoms with Crippen LogP contribution in [0.3, 0.4) is 0 Å². The Bertz CT molecular complexity index is 1020. The van der Waals surface area contributed by atoms with Crippen LogP contribution in [-0.2, 0) is 26.6 Å². The molecule has 0 aliphatic carbocycles. The molecule has 0 N–H and O–H groups in total. The molecule has 0 spiro atoms. The molecule has 0 amide bonds. The second kappa shape index (κ2) is 9.86. The van der Waals surface area contributed by atoms with Gasteiger partial charge in [0.05, 0.1) is 13.7 Å². The lowest BCUT2D eigenvalue weighted by Gasteiger charge is -2.22. The van der Waals surface area contributed by atoms with Gasteiger partial charge >= 0.3 is 11.0 Å². The van der Waals surface area contributed by atoms with E-state index < -0.39 is 31.1 Å². The maximum absolute atomic E-state index is 11.4. The molecule has 1 aromatic carbocycles. The molecule has 0 fully saturated rings. The summed E-state index contributed by atoms with van der Waals surface area (Å²) in [6, 6.07) is 8.04. The maximum atomic E-state index is 11.4. The molecule has 8 nitrogen and oxygen atoms in total. The number of ether oxygens (including phenoxy) is 1. The van der Waals surface area contributed by atoms with E-state index >= 15 is 0 Å². The fourth-order valence-electron chi connectivity index (χ4n) is 1.91. The molecule has 0 saturated heterocycles. The Morgan fingerprint density at radius 1 is 0.968 bits per heavy atom. The highest BCUT2D eigenvalue weighted by Gasteiger charge is 2.46. The van der Waals surface area contributed by atoms with Crippen LogP contribution in [0.2, 0.25) is 0 Å². The highest BCUT2D eigenvalue weighted by Crippen LogP contribution is 2.36. The maximum Gasteiger partial charge on any atom is 0.480 e. The average Bonchev–Trinajstić information content (AvgIpc) is 3.08. The lowest BCUT2D eigenvalue weighted by molar-refractivity contribution is -0.696. The molecule has 176 valence electrons. The molecule has 0 saturated carbocycles. The largest absolute Gasteiger partial charge is 0.497 e. The zero-order valence-electron chi connectivity index (χ0n) is 15.9. The Morgan fingerprint density at radius 2 is 1.45 bits per heavy atom. The van der Waals surface area contributed by atoms with E-state index in [0.717, 1.165) is 28.5 Å². The van der Waals surface area contributed by atoms with Gasteiger partial charge in [0, 0.05) is 0 Å². The number of aryl methyl sites for hydroxylation is 1. The number of methoxy groups -OCH3 is 1. The number of rotatable bonds is 6. The predicted molar refractivity (Wildman–Crippen MR) is 96.1 cm³/mol. The molecule has 2 rings (SSSR count). The summed E-state index contributed by atoms with van der Waals surface area (Å²) in [4.78, 5) is 0. The van der Waals surface area contributed by atoms with Crippen molar-refractivity contribution in [3.63, 3.8) is 0 Å². The van der Waals surface area contributed by atoms with Gasteiger partial charge in [-0.3, -0.25) is 0 Å². The molecular formula is C15H17F6N3O5S2. The van der Waals surface area contributed by atoms with Crippen LogP contribution in [-0.4, -0.2) is 39.5 Å². The zero-order valence-corrected chi connectivity index (χ0v) is 17.6. The van der Waals surface area contributed by atoms with Crippen LogP contribution in [0.1, 0.15) is 13.3 Å². The molecule has 1 aromatic heterocycles. The van der Waals surface area contributed by atoms with Gasteiger partial charge in [-0.05, 0) is 30.7 Å². The van der Waals surface area contributed by atoms with Crippen molar-refractivity contribution in [2.75, 3.05) is 7.11 Å². The quantitative estimate of drug-likeness (QED) is 0.451. The van der Waals surface area contributed by atoms with Gasteiger partial charge in [0.25, 0.3) is 0 Å². The summed E-state index contributed by atoms with van der Waals surface area (Å²) in [5, 5.41) is 0. The van der Waals surface area contributed by atoms with Crippen molar-refractivity contribution in [1.29, 1.82) is 0 Å². The first-order chi connectivity index (χ1) is 14.0. The van der Waals surface area contributed by atoms with E-state index in [1.807, 2.05) is 12.1 Å². The van der Waals surface area contributed by atoms with Gasteiger partial charge < -0.3 is 8.86 Å². The molecule has 0 unspecified atom stereocenters. The molecule has 0 aliphatic rings. The number of hydrogen-bond acceptors (Lipinski definition) is 5. The Labute approximate surface area is 174 Å². The number of nitrogens with zero attached hydrogens (tertiary/aromatic N) is 3. The second-order valence-corrected chi connectivity index (χ2v) is 9.10. The summed E-state index contributed by atoms with van der Waals surface area (Å²) in [7, 11) is -11.8. The minimum absolute atomic E-state index is 0.778. The highest BCUT2D eigenvalue weighted by atomic mass is 32.3. The molecule has 0 radical (unpaired) electrons. The number of halogens is 6. The van der Waals surface area contributed by atoms with E-state index in [0.29, 0.717) is 0 Å². The van der Waals surface area contributed by atoms with Crippen LogP contribution in [0, 0.1) is 0 Å². The van der Waals surface area contributed by atoms with Gasteiger partial charge in [0.1, 0.15) is 23.8 Å². The van der Waals surface area contributed by atoms with Crippen molar-refractivity contribution in [2.45, 2.75) is 30.9 Å². The predicted octanol–water partition coefficient (Wildman–Crippen LogP) is 3.24.